The predicted octanol–water partition coefficient (Wildman–Crippen LogP) is 4.57. The molecule has 21 heavy (non-hydrogen) atoms. The van der Waals surface area contributed by atoms with Crippen molar-refractivity contribution in [2.45, 2.75) is 28.8 Å². The SMILES string of the molecule is COC(=O)c1ccc(NC2C[C@H](C)Sc3sccc32)cc1. The highest BCUT2D eigenvalue weighted by atomic mass is 32.2. The summed E-state index contributed by atoms with van der Waals surface area (Å²) in [5.41, 5.74) is 3.00. The van der Waals surface area contributed by atoms with Crippen LogP contribution in [0.25, 0.3) is 0 Å². The highest BCUT2D eigenvalue weighted by molar-refractivity contribution is 8.01. The van der Waals surface area contributed by atoms with Gasteiger partial charge >= 0.3 is 5.97 Å². The Kier molecular flexibility index (Phi) is 4.22. The minimum absolute atomic E-state index is 0.302. The second-order valence-corrected chi connectivity index (χ2v) is 7.72. The van der Waals surface area contributed by atoms with Crippen LogP contribution in [-0.2, 0) is 4.74 Å². The molecule has 2 atom stereocenters. The average Bonchev–Trinajstić information content (AvgIpc) is 2.95. The molecular weight excluding hydrogens is 302 g/mol. The molecule has 0 saturated carbocycles. The van der Waals surface area contributed by atoms with Crippen LogP contribution in [0.1, 0.15) is 35.3 Å². The largest absolute Gasteiger partial charge is 0.465 e. The fourth-order valence-electron chi connectivity index (χ4n) is 2.51. The highest BCUT2D eigenvalue weighted by Crippen LogP contribution is 2.44. The highest BCUT2D eigenvalue weighted by Gasteiger charge is 2.26. The lowest BCUT2D eigenvalue weighted by atomic mass is 10.0. The number of hydrogen-bond acceptors (Lipinski definition) is 5. The van der Waals surface area contributed by atoms with Gasteiger partial charge in [-0.25, -0.2) is 4.79 Å². The second kappa shape index (κ2) is 6.12. The van der Waals surface area contributed by atoms with Crippen molar-refractivity contribution in [1.82, 2.24) is 0 Å². The number of thiophene rings is 1. The number of carbonyl (C=O) groups is 1. The molecule has 0 aliphatic carbocycles. The zero-order chi connectivity index (χ0) is 14.8. The first-order valence-electron chi connectivity index (χ1n) is 6.86. The first kappa shape index (κ1) is 14.5. The van der Waals surface area contributed by atoms with E-state index in [0.29, 0.717) is 16.9 Å². The standard InChI is InChI=1S/C16H17NO2S2/c1-10-9-14(13-7-8-20-16(13)21-10)17-12-5-3-11(4-6-12)15(18)19-2/h3-8,10,14,17H,9H2,1-2H3/t10-,14?/m0/s1. The normalized spacial score (nSPS) is 20.7. The Labute approximate surface area is 132 Å². The Bertz CT molecular complexity index is 636. The summed E-state index contributed by atoms with van der Waals surface area (Å²) in [6.45, 7) is 2.27. The van der Waals surface area contributed by atoms with E-state index in [9.17, 15) is 4.79 Å². The number of methoxy groups -OCH3 is 1. The van der Waals surface area contributed by atoms with Crippen LogP contribution in [0.2, 0.25) is 0 Å². The van der Waals surface area contributed by atoms with E-state index in [1.54, 1.807) is 12.1 Å². The van der Waals surface area contributed by atoms with Gasteiger partial charge < -0.3 is 10.1 Å². The van der Waals surface area contributed by atoms with Crippen molar-refractivity contribution in [2.24, 2.45) is 0 Å². The van der Waals surface area contributed by atoms with Crippen molar-refractivity contribution in [2.75, 3.05) is 12.4 Å². The van der Waals surface area contributed by atoms with Crippen LogP contribution in [0.5, 0.6) is 0 Å². The van der Waals surface area contributed by atoms with Gasteiger partial charge in [0, 0.05) is 10.9 Å². The molecule has 1 aromatic carbocycles. The van der Waals surface area contributed by atoms with Crippen molar-refractivity contribution in [3.63, 3.8) is 0 Å². The van der Waals surface area contributed by atoms with Crippen LogP contribution in [0, 0.1) is 0 Å². The number of thioether (sulfide) groups is 1. The Morgan fingerprint density at radius 2 is 2.05 bits per heavy atom. The van der Waals surface area contributed by atoms with Crippen molar-refractivity contribution in [1.29, 1.82) is 0 Å². The molecule has 2 aromatic rings. The summed E-state index contributed by atoms with van der Waals surface area (Å²) in [7, 11) is 1.40. The van der Waals surface area contributed by atoms with Crippen molar-refractivity contribution in [3.05, 3.63) is 46.8 Å². The summed E-state index contributed by atoms with van der Waals surface area (Å²) < 4.78 is 6.13. The van der Waals surface area contributed by atoms with Gasteiger partial charge in [-0.2, -0.15) is 0 Å². The molecule has 1 aromatic heterocycles. The molecule has 2 heterocycles. The van der Waals surface area contributed by atoms with E-state index in [1.807, 2.05) is 35.2 Å². The smallest absolute Gasteiger partial charge is 0.337 e. The van der Waals surface area contributed by atoms with E-state index in [2.05, 4.69) is 23.7 Å². The molecule has 1 aliphatic rings. The van der Waals surface area contributed by atoms with Crippen LogP contribution in [0.15, 0.2) is 39.9 Å². The quantitative estimate of drug-likeness (QED) is 0.841. The molecular formula is C16H17NO2S2. The molecule has 0 amide bonds. The Morgan fingerprint density at radius 1 is 1.29 bits per heavy atom. The van der Waals surface area contributed by atoms with Gasteiger partial charge in [0.15, 0.2) is 0 Å². The number of nitrogens with one attached hydrogen (secondary N) is 1. The third-order valence-corrected chi connectivity index (χ3v) is 5.90. The van der Waals surface area contributed by atoms with Gasteiger partial charge in [0.05, 0.1) is 22.9 Å². The Balaban J connectivity index is 1.77. The van der Waals surface area contributed by atoms with Crippen LogP contribution in [0.4, 0.5) is 5.69 Å². The van der Waals surface area contributed by atoms with Crippen molar-refractivity contribution < 1.29 is 9.53 Å². The summed E-state index contributed by atoms with van der Waals surface area (Å²) in [6.07, 6.45) is 1.10. The first-order valence-corrected chi connectivity index (χ1v) is 8.62. The van der Waals surface area contributed by atoms with Crippen molar-refractivity contribution >= 4 is 34.8 Å². The summed E-state index contributed by atoms with van der Waals surface area (Å²) in [6, 6.07) is 10.0. The lowest BCUT2D eigenvalue weighted by Crippen LogP contribution is -2.19. The van der Waals surface area contributed by atoms with E-state index >= 15 is 0 Å². The second-order valence-electron chi connectivity index (χ2n) is 5.09. The zero-order valence-corrected chi connectivity index (χ0v) is 13.6. The van der Waals surface area contributed by atoms with E-state index < -0.39 is 0 Å². The molecule has 5 heteroatoms. The zero-order valence-electron chi connectivity index (χ0n) is 12.0. The molecule has 0 radical (unpaired) electrons. The first-order chi connectivity index (χ1) is 10.2. The van der Waals surface area contributed by atoms with Crippen LogP contribution in [-0.4, -0.2) is 18.3 Å². The van der Waals surface area contributed by atoms with E-state index in [4.69, 9.17) is 4.74 Å². The minimum Gasteiger partial charge on any atom is -0.465 e. The molecule has 0 spiro atoms. The molecule has 1 unspecified atom stereocenters. The molecule has 110 valence electrons. The van der Waals surface area contributed by atoms with E-state index in [0.717, 1.165) is 12.1 Å². The third-order valence-electron chi connectivity index (χ3n) is 3.56. The van der Waals surface area contributed by atoms with E-state index in [-0.39, 0.29) is 5.97 Å². The lowest BCUT2D eigenvalue weighted by Gasteiger charge is -2.28. The number of rotatable bonds is 3. The van der Waals surface area contributed by atoms with Crippen LogP contribution in [0.3, 0.4) is 0 Å². The number of anilines is 1. The summed E-state index contributed by atoms with van der Waals surface area (Å²) >= 11 is 3.77. The van der Waals surface area contributed by atoms with Gasteiger partial charge in [-0.05, 0) is 47.7 Å². The van der Waals surface area contributed by atoms with Gasteiger partial charge in [-0.1, -0.05) is 6.92 Å². The van der Waals surface area contributed by atoms with Gasteiger partial charge in [0.1, 0.15) is 0 Å². The number of carbonyl (C=O) groups excluding carboxylic acids is 1. The molecule has 0 bridgehead atoms. The minimum atomic E-state index is -0.302. The molecule has 3 rings (SSSR count). The molecule has 1 aliphatic heterocycles. The monoisotopic (exact) mass is 319 g/mol. The van der Waals surface area contributed by atoms with Gasteiger partial charge in [-0.15, -0.1) is 23.1 Å². The molecule has 1 N–H and O–H groups in total. The van der Waals surface area contributed by atoms with E-state index in [1.165, 1.54) is 16.9 Å². The number of benzene rings is 1. The number of ether oxygens (including phenoxy) is 1. The molecule has 0 fully saturated rings. The summed E-state index contributed by atoms with van der Waals surface area (Å²) in [5.74, 6) is -0.302. The van der Waals surface area contributed by atoms with Crippen LogP contribution >= 0.6 is 23.1 Å². The Hall–Kier alpha value is -1.46. The van der Waals surface area contributed by atoms with Gasteiger partial charge in [0.25, 0.3) is 0 Å². The fourth-order valence-corrected chi connectivity index (χ4v) is 5.07. The number of esters is 1. The lowest BCUT2D eigenvalue weighted by molar-refractivity contribution is 0.0601. The average molecular weight is 319 g/mol. The molecule has 0 saturated heterocycles. The maximum atomic E-state index is 11.4. The maximum Gasteiger partial charge on any atom is 0.337 e. The topological polar surface area (TPSA) is 38.3 Å². The van der Waals surface area contributed by atoms with Crippen LogP contribution < -0.4 is 5.32 Å². The van der Waals surface area contributed by atoms with Crippen molar-refractivity contribution in [3.8, 4) is 0 Å². The summed E-state index contributed by atoms with van der Waals surface area (Å²) in [4.78, 5) is 11.4. The molecule has 3 nitrogen and oxygen atoms in total. The number of hydrogen-bond donors (Lipinski definition) is 1. The number of fused-ring (bicyclic) bond motifs is 1. The van der Waals surface area contributed by atoms with Gasteiger partial charge in [-0.3, -0.25) is 0 Å². The van der Waals surface area contributed by atoms with Gasteiger partial charge in [0.2, 0.25) is 0 Å². The Morgan fingerprint density at radius 3 is 2.76 bits per heavy atom. The fraction of sp³-hybridized carbons (Fsp3) is 0.312. The maximum absolute atomic E-state index is 11.4. The summed E-state index contributed by atoms with van der Waals surface area (Å²) in [5, 5.41) is 6.35. The predicted molar refractivity (Wildman–Crippen MR) is 88.4 cm³/mol. The third kappa shape index (κ3) is 3.09.